The van der Waals surface area contributed by atoms with Crippen LogP contribution < -0.4 is 5.32 Å². The average Bonchev–Trinajstić information content (AvgIpc) is 2.98. The monoisotopic (exact) mass is 306 g/mol. The summed E-state index contributed by atoms with van der Waals surface area (Å²) < 4.78 is 5.45. The first-order valence-corrected chi connectivity index (χ1v) is 8.00. The Kier molecular flexibility index (Phi) is 6.83. The minimum Gasteiger partial charge on any atom is -0.395 e. The second-order valence-electron chi connectivity index (χ2n) is 5.63. The third-order valence-electron chi connectivity index (χ3n) is 4.11. The lowest BCUT2D eigenvalue weighted by molar-refractivity contribution is -0.122. The number of likely N-dealkylation sites (tertiary alicyclic amines) is 1. The largest absolute Gasteiger partial charge is 0.395 e. The van der Waals surface area contributed by atoms with E-state index < -0.39 is 0 Å². The molecule has 0 unspecified atom stereocenters. The molecule has 1 aromatic carbocycles. The van der Waals surface area contributed by atoms with Gasteiger partial charge in [0.05, 0.1) is 19.8 Å². The molecule has 1 aliphatic rings. The van der Waals surface area contributed by atoms with Crippen molar-refractivity contribution < 1.29 is 14.6 Å². The predicted octanol–water partition coefficient (Wildman–Crippen LogP) is 1.30. The summed E-state index contributed by atoms with van der Waals surface area (Å²) in [6.07, 6.45) is 2.02. The quantitative estimate of drug-likeness (QED) is 0.760. The lowest BCUT2D eigenvalue weighted by Gasteiger charge is -2.22. The first kappa shape index (κ1) is 16.9. The molecule has 0 radical (unpaired) electrons. The summed E-state index contributed by atoms with van der Waals surface area (Å²) in [7, 11) is 0. The molecule has 0 saturated carbocycles. The highest BCUT2D eigenvalue weighted by atomic mass is 16.5. The highest BCUT2D eigenvalue weighted by molar-refractivity contribution is 5.78. The van der Waals surface area contributed by atoms with Gasteiger partial charge in [-0.2, -0.15) is 0 Å². The van der Waals surface area contributed by atoms with E-state index in [2.05, 4.69) is 10.2 Å². The zero-order chi connectivity index (χ0) is 15.8. The third-order valence-corrected chi connectivity index (χ3v) is 4.11. The Morgan fingerprint density at radius 2 is 2.18 bits per heavy atom. The van der Waals surface area contributed by atoms with E-state index in [9.17, 15) is 9.90 Å². The summed E-state index contributed by atoms with van der Waals surface area (Å²) in [5, 5.41) is 12.3. The van der Waals surface area contributed by atoms with Crippen LogP contribution in [0.3, 0.4) is 0 Å². The summed E-state index contributed by atoms with van der Waals surface area (Å²) in [5.41, 5.74) is 2.20. The maximum absolute atomic E-state index is 12.1. The van der Waals surface area contributed by atoms with E-state index in [1.165, 1.54) is 0 Å². The highest BCUT2D eigenvalue weighted by Gasteiger charge is 2.25. The number of amides is 1. The number of benzene rings is 1. The van der Waals surface area contributed by atoms with Crippen molar-refractivity contribution in [1.29, 1.82) is 0 Å². The molecule has 0 aromatic heterocycles. The Bertz CT molecular complexity index is 479. The SMILES string of the molecule is CCOCc1ccccc1CNC(=O)CN1CCC[C@@H]1CO. The van der Waals surface area contributed by atoms with E-state index in [4.69, 9.17) is 4.74 Å². The number of nitrogens with zero attached hydrogens (tertiary/aromatic N) is 1. The smallest absolute Gasteiger partial charge is 0.234 e. The Balaban J connectivity index is 1.83. The summed E-state index contributed by atoms with van der Waals surface area (Å²) in [5.74, 6) is 0.00608. The van der Waals surface area contributed by atoms with Crippen LogP contribution in [0, 0.1) is 0 Å². The first-order valence-electron chi connectivity index (χ1n) is 8.00. The zero-order valence-corrected chi connectivity index (χ0v) is 13.3. The molecule has 5 nitrogen and oxygen atoms in total. The summed E-state index contributed by atoms with van der Waals surface area (Å²) in [6.45, 7) is 5.11. The van der Waals surface area contributed by atoms with Crippen molar-refractivity contribution >= 4 is 5.91 Å². The van der Waals surface area contributed by atoms with Crippen molar-refractivity contribution in [3.05, 3.63) is 35.4 Å². The number of aliphatic hydroxyl groups excluding tert-OH is 1. The van der Waals surface area contributed by atoms with Gasteiger partial charge in [0.25, 0.3) is 0 Å². The van der Waals surface area contributed by atoms with E-state index in [1.54, 1.807) is 0 Å². The molecule has 1 saturated heterocycles. The molecule has 1 amide bonds. The number of rotatable bonds is 8. The summed E-state index contributed by atoms with van der Waals surface area (Å²) in [6, 6.07) is 8.13. The Morgan fingerprint density at radius 1 is 1.41 bits per heavy atom. The van der Waals surface area contributed by atoms with Gasteiger partial charge in [0, 0.05) is 19.2 Å². The minimum absolute atomic E-state index is 0.00608. The Morgan fingerprint density at radius 3 is 2.91 bits per heavy atom. The van der Waals surface area contributed by atoms with Gasteiger partial charge < -0.3 is 15.2 Å². The molecule has 1 aliphatic heterocycles. The van der Waals surface area contributed by atoms with Gasteiger partial charge in [-0.05, 0) is 37.4 Å². The van der Waals surface area contributed by atoms with E-state index in [0.717, 1.165) is 30.5 Å². The predicted molar refractivity (Wildman–Crippen MR) is 85.3 cm³/mol. The van der Waals surface area contributed by atoms with Gasteiger partial charge in [-0.25, -0.2) is 0 Å². The van der Waals surface area contributed by atoms with Crippen LogP contribution in [0.15, 0.2) is 24.3 Å². The molecule has 1 heterocycles. The first-order chi connectivity index (χ1) is 10.7. The van der Waals surface area contributed by atoms with Crippen LogP contribution in [0.4, 0.5) is 0 Å². The summed E-state index contributed by atoms with van der Waals surface area (Å²) >= 11 is 0. The number of aliphatic hydroxyl groups is 1. The molecule has 5 heteroatoms. The lowest BCUT2D eigenvalue weighted by Crippen LogP contribution is -2.41. The van der Waals surface area contributed by atoms with Crippen molar-refractivity contribution in [1.82, 2.24) is 10.2 Å². The second-order valence-corrected chi connectivity index (χ2v) is 5.63. The van der Waals surface area contributed by atoms with Crippen LogP contribution in [0.2, 0.25) is 0 Å². The average molecular weight is 306 g/mol. The van der Waals surface area contributed by atoms with Crippen LogP contribution in [0.1, 0.15) is 30.9 Å². The fourth-order valence-electron chi connectivity index (χ4n) is 2.83. The maximum Gasteiger partial charge on any atom is 0.234 e. The molecule has 1 aromatic rings. The van der Waals surface area contributed by atoms with Gasteiger partial charge in [-0.3, -0.25) is 9.69 Å². The van der Waals surface area contributed by atoms with Gasteiger partial charge in [-0.15, -0.1) is 0 Å². The standard InChI is InChI=1S/C17H26N2O3/c1-2-22-13-15-7-4-3-6-14(15)10-18-17(21)11-19-9-5-8-16(19)12-20/h3-4,6-7,16,20H,2,5,8-13H2,1H3,(H,18,21)/t16-/m1/s1. The highest BCUT2D eigenvalue weighted by Crippen LogP contribution is 2.16. The van der Waals surface area contributed by atoms with Gasteiger partial charge >= 0.3 is 0 Å². The van der Waals surface area contributed by atoms with Gasteiger partial charge in [0.1, 0.15) is 0 Å². The van der Waals surface area contributed by atoms with Crippen LogP contribution in [-0.2, 0) is 22.7 Å². The molecule has 1 fully saturated rings. The van der Waals surface area contributed by atoms with Crippen molar-refractivity contribution in [3.63, 3.8) is 0 Å². The van der Waals surface area contributed by atoms with E-state index >= 15 is 0 Å². The number of nitrogens with one attached hydrogen (secondary N) is 1. The zero-order valence-electron chi connectivity index (χ0n) is 13.3. The van der Waals surface area contributed by atoms with Crippen molar-refractivity contribution in [2.75, 3.05) is 26.3 Å². The minimum atomic E-state index is 0.00608. The molecule has 0 bridgehead atoms. The fraction of sp³-hybridized carbons (Fsp3) is 0.588. The molecule has 0 aliphatic carbocycles. The van der Waals surface area contributed by atoms with E-state index in [0.29, 0.717) is 26.3 Å². The number of hydrogen-bond acceptors (Lipinski definition) is 4. The molecule has 2 N–H and O–H groups in total. The number of ether oxygens (including phenoxy) is 1. The number of hydrogen-bond donors (Lipinski definition) is 2. The van der Waals surface area contributed by atoms with Crippen molar-refractivity contribution in [3.8, 4) is 0 Å². The van der Waals surface area contributed by atoms with Crippen LogP contribution in [-0.4, -0.2) is 48.3 Å². The Hall–Kier alpha value is -1.43. The van der Waals surface area contributed by atoms with Gasteiger partial charge in [-0.1, -0.05) is 24.3 Å². The van der Waals surface area contributed by atoms with Crippen LogP contribution in [0.5, 0.6) is 0 Å². The molecule has 2 rings (SSSR count). The molecular weight excluding hydrogens is 280 g/mol. The normalized spacial score (nSPS) is 18.5. The second kappa shape index (κ2) is 8.88. The van der Waals surface area contributed by atoms with E-state index in [1.807, 2.05) is 31.2 Å². The molecule has 122 valence electrons. The third kappa shape index (κ3) is 4.80. The van der Waals surface area contributed by atoms with Crippen LogP contribution in [0.25, 0.3) is 0 Å². The Labute approximate surface area is 132 Å². The molecular formula is C17H26N2O3. The van der Waals surface area contributed by atoms with E-state index in [-0.39, 0.29) is 18.6 Å². The summed E-state index contributed by atoms with van der Waals surface area (Å²) in [4.78, 5) is 14.2. The fourth-order valence-corrected chi connectivity index (χ4v) is 2.83. The topological polar surface area (TPSA) is 61.8 Å². The van der Waals surface area contributed by atoms with Crippen LogP contribution >= 0.6 is 0 Å². The molecule has 0 spiro atoms. The van der Waals surface area contributed by atoms with Crippen molar-refractivity contribution in [2.45, 2.75) is 39.0 Å². The van der Waals surface area contributed by atoms with Gasteiger partial charge in [0.15, 0.2) is 0 Å². The van der Waals surface area contributed by atoms with Crippen molar-refractivity contribution in [2.24, 2.45) is 0 Å². The lowest BCUT2D eigenvalue weighted by atomic mass is 10.1. The molecule has 22 heavy (non-hydrogen) atoms. The number of carbonyl (C=O) groups excluding carboxylic acids is 1. The molecule has 1 atom stereocenters. The maximum atomic E-state index is 12.1. The number of carbonyl (C=O) groups is 1. The van der Waals surface area contributed by atoms with Gasteiger partial charge in [0.2, 0.25) is 5.91 Å².